The summed E-state index contributed by atoms with van der Waals surface area (Å²) in [6.45, 7) is 4.95. The van der Waals surface area contributed by atoms with Gasteiger partial charge in [-0.2, -0.15) is 0 Å². The number of hydrogen-bond donors (Lipinski definition) is 1. The zero-order chi connectivity index (χ0) is 30.3. The first-order valence-corrected chi connectivity index (χ1v) is 15.9. The van der Waals surface area contributed by atoms with Gasteiger partial charge in [-0.1, -0.05) is 84.5 Å². The van der Waals surface area contributed by atoms with Gasteiger partial charge in [-0.05, 0) is 67.8 Å². The maximum atomic E-state index is 14.1. The smallest absolute Gasteiger partial charge is 0.264 e. The van der Waals surface area contributed by atoms with E-state index in [1.54, 1.807) is 43.3 Å². The number of benzene rings is 3. The molecule has 0 saturated carbocycles. The molecule has 0 aliphatic rings. The summed E-state index contributed by atoms with van der Waals surface area (Å²) in [5, 5.41) is 3.95. The van der Waals surface area contributed by atoms with Gasteiger partial charge in [0.15, 0.2) is 0 Å². The Morgan fingerprint density at radius 2 is 1.49 bits per heavy atom. The second-order valence-corrected chi connectivity index (χ2v) is 13.0. The van der Waals surface area contributed by atoms with Crippen molar-refractivity contribution in [2.24, 2.45) is 0 Å². The molecule has 0 aliphatic carbocycles. The minimum absolute atomic E-state index is 0.0162. The van der Waals surface area contributed by atoms with Crippen molar-refractivity contribution in [2.75, 3.05) is 10.8 Å². The summed E-state index contributed by atoms with van der Waals surface area (Å²) in [4.78, 5) is 28.8. The zero-order valence-corrected chi connectivity index (χ0v) is 26.6. The van der Waals surface area contributed by atoms with Crippen LogP contribution in [0.5, 0.6) is 0 Å². The summed E-state index contributed by atoms with van der Waals surface area (Å²) in [5.41, 5.74) is 0.720. The topological polar surface area (TPSA) is 86.8 Å². The first-order valence-electron chi connectivity index (χ1n) is 12.9. The Hall–Kier alpha value is -2.49. The number of carbonyl (C=O) groups is 2. The van der Waals surface area contributed by atoms with Gasteiger partial charge in [0.25, 0.3) is 10.0 Å². The van der Waals surface area contributed by atoms with Crippen LogP contribution in [0.3, 0.4) is 0 Å². The van der Waals surface area contributed by atoms with Crippen molar-refractivity contribution in [1.29, 1.82) is 0 Å². The van der Waals surface area contributed by atoms with Crippen LogP contribution in [0.2, 0.25) is 20.1 Å². The molecule has 7 nitrogen and oxygen atoms in total. The quantitative estimate of drug-likeness (QED) is 0.223. The third kappa shape index (κ3) is 8.52. The van der Waals surface area contributed by atoms with Crippen LogP contribution >= 0.6 is 46.4 Å². The largest absolute Gasteiger partial charge is 0.352 e. The number of rotatable bonds is 12. The maximum Gasteiger partial charge on any atom is 0.264 e. The Morgan fingerprint density at radius 3 is 2.05 bits per heavy atom. The van der Waals surface area contributed by atoms with Gasteiger partial charge in [0.05, 0.1) is 20.6 Å². The lowest BCUT2D eigenvalue weighted by molar-refractivity contribution is -0.140. The Balaban J connectivity index is 2.10. The van der Waals surface area contributed by atoms with E-state index in [9.17, 15) is 18.0 Å². The molecule has 2 unspecified atom stereocenters. The van der Waals surface area contributed by atoms with E-state index in [2.05, 4.69) is 5.32 Å². The van der Waals surface area contributed by atoms with E-state index < -0.39 is 28.5 Å². The molecule has 0 radical (unpaired) electrons. The molecule has 0 heterocycles. The number of halogens is 4. The van der Waals surface area contributed by atoms with Crippen LogP contribution in [-0.2, 0) is 26.2 Å². The van der Waals surface area contributed by atoms with Crippen LogP contribution in [0.1, 0.15) is 39.2 Å². The molecule has 12 heteroatoms. The predicted octanol–water partition coefficient (Wildman–Crippen LogP) is 7.22. The van der Waals surface area contributed by atoms with E-state index in [1.807, 2.05) is 13.8 Å². The molecule has 0 fully saturated rings. The first kappa shape index (κ1) is 33.0. The fraction of sp³-hybridized carbons (Fsp3) is 0.310. The molecule has 2 atom stereocenters. The van der Waals surface area contributed by atoms with Crippen molar-refractivity contribution in [3.05, 3.63) is 92.4 Å². The highest BCUT2D eigenvalue weighted by Gasteiger charge is 2.34. The molecule has 2 amide bonds. The van der Waals surface area contributed by atoms with Gasteiger partial charge >= 0.3 is 0 Å². The number of hydrogen-bond acceptors (Lipinski definition) is 4. The fourth-order valence-corrected chi connectivity index (χ4v) is 6.38. The van der Waals surface area contributed by atoms with Gasteiger partial charge in [0.2, 0.25) is 11.8 Å². The highest BCUT2D eigenvalue weighted by molar-refractivity contribution is 7.92. The lowest BCUT2D eigenvalue weighted by atomic mass is 10.1. The van der Waals surface area contributed by atoms with Crippen LogP contribution in [0.15, 0.2) is 71.6 Å². The van der Waals surface area contributed by atoms with Crippen molar-refractivity contribution in [1.82, 2.24) is 10.2 Å². The molecule has 1 N–H and O–H groups in total. The molecule has 3 rings (SSSR count). The third-order valence-electron chi connectivity index (χ3n) is 6.47. The lowest BCUT2D eigenvalue weighted by Crippen LogP contribution is -2.53. The molecule has 220 valence electrons. The molecule has 0 spiro atoms. The highest BCUT2D eigenvalue weighted by atomic mass is 35.5. The summed E-state index contributed by atoms with van der Waals surface area (Å²) in [5.74, 6) is -0.962. The van der Waals surface area contributed by atoms with Crippen molar-refractivity contribution < 1.29 is 18.0 Å². The Morgan fingerprint density at radius 1 is 0.854 bits per heavy atom. The maximum absolute atomic E-state index is 14.1. The Bertz CT molecular complexity index is 1470. The van der Waals surface area contributed by atoms with Crippen molar-refractivity contribution >= 4 is 73.9 Å². The minimum atomic E-state index is -4.25. The van der Waals surface area contributed by atoms with E-state index in [0.717, 1.165) is 4.31 Å². The predicted molar refractivity (Wildman–Crippen MR) is 166 cm³/mol. The summed E-state index contributed by atoms with van der Waals surface area (Å²) < 4.78 is 28.7. The molecule has 41 heavy (non-hydrogen) atoms. The van der Waals surface area contributed by atoms with E-state index in [1.165, 1.54) is 35.2 Å². The van der Waals surface area contributed by atoms with Gasteiger partial charge in [-0.25, -0.2) is 8.42 Å². The first-order chi connectivity index (χ1) is 19.4. The molecule has 0 bridgehead atoms. The number of amides is 2. The lowest BCUT2D eigenvalue weighted by Gasteiger charge is -2.34. The zero-order valence-electron chi connectivity index (χ0n) is 22.8. The van der Waals surface area contributed by atoms with Crippen LogP contribution < -0.4 is 9.62 Å². The highest BCUT2D eigenvalue weighted by Crippen LogP contribution is 2.30. The molecule has 0 saturated heterocycles. The van der Waals surface area contributed by atoms with Crippen molar-refractivity contribution in [2.45, 2.75) is 57.1 Å². The van der Waals surface area contributed by atoms with Gasteiger partial charge in [-0.3, -0.25) is 13.9 Å². The van der Waals surface area contributed by atoms with Crippen LogP contribution in [0.25, 0.3) is 0 Å². The number of nitrogens with zero attached hydrogens (tertiary/aromatic N) is 2. The van der Waals surface area contributed by atoms with Crippen molar-refractivity contribution in [3.8, 4) is 0 Å². The van der Waals surface area contributed by atoms with Crippen LogP contribution in [0.4, 0.5) is 5.69 Å². The number of nitrogens with one attached hydrogen (secondary N) is 1. The summed E-state index contributed by atoms with van der Waals surface area (Å²) in [7, 11) is -4.25. The van der Waals surface area contributed by atoms with Crippen molar-refractivity contribution in [3.63, 3.8) is 0 Å². The van der Waals surface area contributed by atoms with E-state index in [4.69, 9.17) is 46.4 Å². The van der Waals surface area contributed by atoms with Crippen LogP contribution in [-0.4, -0.2) is 43.8 Å². The average molecular weight is 659 g/mol. The second-order valence-electron chi connectivity index (χ2n) is 9.46. The standard InChI is InChI=1S/C29H31Cl4N3O4S/c1-4-19(3)34-29(38)27(5-2)35(17-20-11-12-25(32)26(33)13-20)28(37)18-36(23-15-21(30)14-22(31)16-23)41(39,40)24-9-7-6-8-10-24/h6-16,19,27H,4-5,17-18H2,1-3H3,(H,34,38). The molecule has 3 aromatic carbocycles. The normalized spacial score (nSPS) is 12.9. The monoisotopic (exact) mass is 657 g/mol. The molecule has 0 aliphatic heterocycles. The number of anilines is 1. The molecular weight excluding hydrogens is 628 g/mol. The fourth-order valence-electron chi connectivity index (χ4n) is 4.13. The van der Waals surface area contributed by atoms with Crippen LogP contribution in [0, 0.1) is 0 Å². The molecule has 3 aromatic rings. The summed E-state index contributed by atoms with van der Waals surface area (Å²) in [6.07, 6.45) is 0.977. The second kappa shape index (κ2) is 14.6. The van der Waals surface area contributed by atoms with E-state index in [0.29, 0.717) is 17.0 Å². The summed E-state index contributed by atoms with van der Waals surface area (Å²) in [6, 6.07) is 15.9. The average Bonchev–Trinajstić information content (AvgIpc) is 2.93. The van der Waals surface area contributed by atoms with Gasteiger partial charge < -0.3 is 10.2 Å². The number of sulfonamides is 1. The number of carbonyl (C=O) groups excluding carboxylic acids is 2. The van der Waals surface area contributed by atoms with E-state index in [-0.39, 0.29) is 50.6 Å². The SMILES string of the molecule is CCC(C)NC(=O)C(CC)N(Cc1ccc(Cl)c(Cl)c1)C(=O)CN(c1cc(Cl)cc(Cl)c1)S(=O)(=O)c1ccccc1. The third-order valence-corrected chi connectivity index (χ3v) is 9.43. The summed E-state index contributed by atoms with van der Waals surface area (Å²) >= 11 is 24.8. The Kier molecular flexibility index (Phi) is 11.8. The minimum Gasteiger partial charge on any atom is -0.352 e. The van der Waals surface area contributed by atoms with Gasteiger partial charge in [0, 0.05) is 22.6 Å². The van der Waals surface area contributed by atoms with Gasteiger partial charge in [-0.15, -0.1) is 0 Å². The van der Waals surface area contributed by atoms with E-state index >= 15 is 0 Å². The van der Waals surface area contributed by atoms with Gasteiger partial charge in [0.1, 0.15) is 12.6 Å². The molecule has 0 aromatic heterocycles. The Labute approximate surface area is 261 Å². The molecular formula is C29H31Cl4N3O4S.